The van der Waals surface area contributed by atoms with Gasteiger partial charge in [0, 0.05) is 22.6 Å². The van der Waals surface area contributed by atoms with Crippen LogP contribution in [0.3, 0.4) is 0 Å². The number of nitro groups is 1. The van der Waals surface area contributed by atoms with Crippen LogP contribution in [-0.2, 0) is 16.1 Å². The molecule has 0 unspecified atom stereocenters. The summed E-state index contributed by atoms with van der Waals surface area (Å²) in [5, 5.41) is 11.0. The van der Waals surface area contributed by atoms with Gasteiger partial charge in [-0.1, -0.05) is 59.9 Å². The third-order valence-corrected chi connectivity index (χ3v) is 9.64. The van der Waals surface area contributed by atoms with Crippen molar-refractivity contribution in [2.45, 2.75) is 31.4 Å². The Kier molecular flexibility index (Phi) is 10.6. The van der Waals surface area contributed by atoms with Crippen LogP contribution in [0, 0.1) is 10.1 Å². The molecule has 0 fully saturated rings. The number of non-ortho nitro benzene ring substituents is 1. The Morgan fingerprint density at radius 3 is 2.36 bits per heavy atom. The van der Waals surface area contributed by atoms with E-state index in [2.05, 4.69) is 0 Å². The van der Waals surface area contributed by atoms with Crippen molar-refractivity contribution in [3.8, 4) is 11.5 Å². The summed E-state index contributed by atoms with van der Waals surface area (Å²) < 4.78 is 19.5. The number of nitrogens with zero attached hydrogens (tertiary/aromatic N) is 3. The van der Waals surface area contributed by atoms with E-state index in [0.29, 0.717) is 44.3 Å². The summed E-state index contributed by atoms with van der Waals surface area (Å²) in [7, 11) is 0. The van der Waals surface area contributed by atoms with Crippen LogP contribution >= 0.6 is 23.1 Å². The predicted octanol–water partition coefficient (Wildman–Crippen LogP) is 6.54. The van der Waals surface area contributed by atoms with E-state index in [0.717, 1.165) is 21.6 Å². The fraction of sp³-hybridized carbons (Fsp3) is 0.184. The van der Waals surface area contributed by atoms with Crippen molar-refractivity contribution in [1.29, 1.82) is 0 Å². The predicted molar refractivity (Wildman–Crippen MR) is 194 cm³/mol. The Bertz CT molecular complexity index is 2250. The third-order valence-electron chi connectivity index (χ3n) is 7.91. The van der Waals surface area contributed by atoms with Crippen molar-refractivity contribution in [1.82, 2.24) is 4.57 Å². The van der Waals surface area contributed by atoms with E-state index in [1.165, 1.54) is 23.5 Å². The second-order valence-corrected chi connectivity index (χ2v) is 12.9. The van der Waals surface area contributed by atoms with Gasteiger partial charge in [0.15, 0.2) is 16.3 Å². The molecule has 12 heteroatoms. The highest BCUT2D eigenvalue weighted by molar-refractivity contribution is 7.98. The number of hydrogen-bond acceptors (Lipinski definition) is 10. The van der Waals surface area contributed by atoms with Gasteiger partial charge in [-0.05, 0) is 79.3 Å². The van der Waals surface area contributed by atoms with Gasteiger partial charge in [-0.25, -0.2) is 9.79 Å². The van der Waals surface area contributed by atoms with Crippen molar-refractivity contribution in [3.05, 3.63) is 155 Å². The molecule has 0 N–H and O–H groups in total. The fourth-order valence-electron chi connectivity index (χ4n) is 5.57. The molecule has 0 radical (unpaired) electrons. The van der Waals surface area contributed by atoms with Gasteiger partial charge in [0.2, 0.25) is 0 Å². The van der Waals surface area contributed by atoms with Crippen molar-refractivity contribution in [2.75, 3.05) is 19.5 Å². The molecule has 1 aliphatic rings. The SMILES string of the molecule is CCOC(=O)C1=C(c2ccccc2)N=c2s/c(=C\c3ccc(OCc4ccc([N+](=O)[O-])cc4)c(OCC)c3)c(=O)n2[C@@H]1c1ccc(SC)cc1. The number of thiazole rings is 1. The molecule has 10 nitrogen and oxygen atoms in total. The first-order chi connectivity index (χ1) is 24.3. The van der Waals surface area contributed by atoms with Crippen LogP contribution in [0.4, 0.5) is 5.69 Å². The molecule has 50 heavy (non-hydrogen) atoms. The van der Waals surface area contributed by atoms with Crippen LogP contribution in [0.2, 0.25) is 0 Å². The number of fused-ring (bicyclic) bond motifs is 1. The van der Waals surface area contributed by atoms with E-state index >= 15 is 0 Å². The highest BCUT2D eigenvalue weighted by Gasteiger charge is 2.35. The number of carbonyl (C=O) groups is 1. The highest BCUT2D eigenvalue weighted by Crippen LogP contribution is 2.36. The first-order valence-corrected chi connectivity index (χ1v) is 17.9. The Morgan fingerprint density at radius 1 is 0.960 bits per heavy atom. The molecule has 2 heterocycles. The first-order valence-electron chi connectivity index (χ1n) is 15.9. The second-order valence-electron chi connectivity index (χ2n) is 11.1. The van der Waals surface area contributed by atoms with Crippen LogP contribution in [-0.4, -0.2) is 34.9 Å². The molecular formula is C38H33N3O7S2. The van der Waals surface area contributed by atoms with E-state index in [1.54, 1.807) is 53.6 Å². The molecule has 6 rings (SSSR count). The van der Waals surface area contributed by atoms with Gasteiger partial charge in [-0.2, -0.15) is 0 Å². The molecule has 0 bridgehead atoms. The van der Waals surface area contributed by atoms with Gasteiger partial charge in [0.05, 0.1) is 40.0 Å². The zero-order valence-electron chi connectivity index (χ0n) is 27.5. The average Bonchev–Trinajstić information content (AvgIpc) is 3.45. The number of nitro benzene ring substituents is 1. The molecule has 5 aromatic rings. The molecule has 0 aliphatic carbocycles. The molecule has 1 atom stereocenters. The van der Waals surface area contributed by atoms with Crippen molar-refractivity contribution in [3.63, 3.8) is 0 Å². The Balaban J connectivity index is 1.44. The number of aromatic nitrogens is 1. The smallest absolute Gasteiger partial charge is 0.338 e. The van der Waals surface area contributed by atoms with Crippen molar-refractivity contribution < 1.29 is 23.9 Å². The maximum absolute atomic E-state index is 14.3. The minimum Gasteiger partial charge on any atom is -0.490 e. The van der Waals surface area contributed by atoms with Gasteiger partial charge in [0.1, 0.15) is 6.61 Å². The Hall–Kier alpha value is -5.46. The molecule has 0 saturated heterocycles. The molecule has 254 valence electrons. The van der Waals surface area contributed by atoms with Crippen LogP contribution in [0.15, 0.2) is 117 Å². The normalized spacial score (nSPS) is 14.1. The lowest BCUT2D eigenvalue weighted by atomic mass is 9.93. The summed E-state index contributed by atoms with van der Waals surface area (Å²) in [5.41, 5.74) is 3.43. The fourth-order valence-corrected chi connectivity index (χ4v) is 6.98. The van der Waals surface area contributed by atoms with Crippen LogP contribution in [0.25, 0.3) is 11.8 Å². The maximum Gasteiger partial charge on any atom is 0.338 e. The lowest BCUT2D eigenvalue weighted by molar-refractivity contribution is -0.384. The molecular weight excluding hydrogens is 675 g/mol. The lowest BCUT2D eigenvalue weighted by Gasteiger charge is -2.26. The van der Waals surface area contributed by atoms with Crippen LogP contribution in [0.5, 0.6) is 11.5 Å². The van der Waals surface area contributed by atoms with Gasteiger partial charge in [-0.3, -0.25) is 19.5 Å². The number of benzene rings is 4. The number of thioether (sulfide) groups is 1. The summed E-state index contributed by atoms with van der Waals surface area (Å²) >= 11 is 2.84. The minimum atomic E-state index is -0.771. The van der Waals surface area contributed by atoms with Crippen LogP contribution in [0.1, 0.15) is 42.1 Å². The monoisotopic (exact) mass is 707 g/mol. The van der Waals surface area contributed by atoms with Gasteiger partial charge in [-0.15, -0.1) is 11.8 Å². The largest absolute Gasteiger partial charge is 0.490 e. The third kappa shape index (κ3) is 7.26. The van der Waals surface area contributed by atoms with Gasteiger partial charge < -0.3 is 14.2 Å². The van der Waals surface area contributed by atoms with E-state index in [1.807, 2.05) is 73.8 Å². The number of hydrogen-bond donors (Lipinski definition) is 0. The second kappa shape index (κ2) is 15.4. The molecule has 4 aromatic carbocycles. The zero-order chi connectivity index (χ0) is 35.2. The number of ether oxygens (including phenoxy) is 3. The van der Waals surface area contributed by atoms with Crippen LogP contribution < -0.4 is 24.4 Å². The average molecular weight is 708 g/mol. The minimum absolute atomic E-state index is 0.00612. The first kappa shape index (κ1) is 34.4. The molecule has 1 aliphatic heterocycles. The summed E-state index contributed by atoms with van der Waals surface area (Å²) in [6, 6.07) is 28.0. The standard InChI is InChI=1S/C38H33N3O7S2/c1-4-46-31-21-25(13-20-30(31)48-23-24-11-16-28(17-12-24)41(44)45)22-32-36(42)40-35(27-14-18-29(49-3)19-15-27)33(37(43)47-5-2)34(39-38(40)50-32)26-9-7-6-8-10-26/h6-22,35H,4-5,23H2,1-3H3/b32-22-/t35-/m1/s1. The topological polar surface area (TPSA) is 122 Å². The molecule has 0 spiro atoms. The number of carbonyl (C=O) groups excluding carboxylic acids is 1. The highest BCUT2D eigenvalue weighted by atomic mass is 32.2. The molecule has 0 amide bonds. The summed E-state index contributed by atoms with van der Waals surface area (Å²) in [5.74, 6) is 0.441. The van der Waals surface area contributed by atoms with E-state index in [4.69, 9.17) is 19.2 Å². The van der Waals surface area contributed by atoms with E-state index in [-0.39, 0.29) is 24.5 Å². The van der Waals surface area contributed by atoms with Gasteiger partial charge in [0.25, 0.3) is 11.2 Å². The van der Waals surface area contributed by atoms with E-state index in [9.17, 15) is 19.7 Å². The maximum atomic E-state index is 14.3. The quantitative estimate of drug-likeness (QED) is 0.0620. The molecule has 1 aromatic heterocycles. The van der Waals surface area contributed by atoms with Crippen molar-refractivity contribution in [2.24, 2.45) is 4.99 Å². The summed E-state index contributed by atoms with van der Waals surface area (Å²) in [6.07, 6.45) is 3.76. The summed E-state index contributed by atoms with van der Waals surface area (Å²) in [4.78, 5) is 45.0. The van der Waals surface area contributed by atoms with Crippen molar-refractivity contribution >= 4 is 46.5 Å². The zero-order valence-corrected chi connectivity index (χ0v) is 29.2. The molecule has 0 saturated carbocycles. The Labute approximate surface area is 296 Å². The van der Waals surface area contributed by atoms with E-state index < -0.39 is 16.9 Å². The number of esters is 1. The summed E-state index contributed by atoms with van der Waals surface area (Å²) in [6.45, 7) is 4.35. The Morgan fingerprint density at radius 2 is 1.70 bits per heavy atom. The van der Waals surface area contributed by atoms with Gasteiger partial charge >= 0.3 is 5.97 Å². The lowest BCUT2D eigenvalue weighted by Crippen LogP contribution is -2.40. The number of rotatable bonds is 12.